The summed E-state index contributed by atoms with van der Waals surface area (Å²) in [6, 6.07) is 8.15. The highest BCUT2D eigenvalue weighted by molar-refractivity contribution is 6.00. The topological polar surface area (TPSA) is 114 Å². The average molecular weight is 339 g/mol. The van der Waals surface area contributed by atoms with Gasteiger partial charge in [0, 0.05) is 42.5 Å². The molecule has 4 rings (SSSR count). The molecule has 126 valence electrons. The molecule has 0 bridgehead atoms. The van der Waals surface area contributed by atoms with Crippen LogP contribution in [0, 0.1) is 5.21 Å². The number of hydrogen-bond donors (Lipinski definition) is 2. The second-order valence-corrected chi connectivity index (χ2v) is 5.15. The van der Waals surface area contributed by atoms with E-state index in [9.17, 15) is 10.4 Å². The molecule has 2 aliphatic heterocycles. The molecular weight excluding hydrogens is 326 g/mol. The Hall–Kier alpha value is -3.34. The van der Waals surface area contributed by atoms with Gasteiger partial charge < -0.3 is 5.21 Å². The lowest BCUT2D eigenvalue weighted by Gasteiger charge is -2.38. The molecule has 2 atom stereocenters. The molecule has 0 fully saturated rings. The summed E-state index contributed by atoms with van der Waals surface area (Å²) in [7, 11) is 0. The van der Waals surface area contributed by atoms with Crippen molar-refractivity contribution >= 4 is 23.7 Å². The van der Waals surface area contributed by atoms with Gasteiger partial charge in [-0.05, 0) is 17.3 Å². The number of rotatable bonds is 3. The van der Waals surface area contributed by atoms with E-state index in [1.165, 1.54) is 17.2 Å². The van der Waals surface area contributed by atoms with Crippen LogP contribution in [0.5, 0.6) is 0 Å². The SMILES string of the molecule is [O-][NH+](O)c1cccc(C2=NON(c3ncccn3)C3N=CC=CN23)c1. The van der Waals surface area contributed by atoms with Crippen LogP contribution in [0.3, 0.4) is 0 Å². The highest BCUT2D eigenvalue weighted by Gasteiger charge is 2.36. The standard InChI is InChI=1S/C15H13N7O3/c23-22(24)12-5-1-4-11(10-12)13-19-25-21(14-16-6-2-7-17-14)15-18-8-3-9-20(13)15/h1-10,15,22-23H. The Morgan fingerprint density at radius 2 is 2.04 bits per heavy atom. The van der Waals surface area contributed by atoms with Gasteiger partial charge in [0.1, 0.15) is 0 Å². The minimum Gasteiger partial charge on any atom is -0.595 e. The minimum absolute atomic E-state index is 0.162. The van der Waals surface area contributed by atoms with Crippen LogP contribution >= 0.6 is 0 Å². The first-order valence-electron chi connectivity index (χ1n) is 7.37. The Bertz CT molecular complexity index is 853. The normalized spacial score (nSPS) is 19.9. The third-order valence-corrected chi connectivity index (χ3v) is 3.59. The Balaban J connectivity index is 1.73. The first kappa shape index (κ1) is 15.2. The van der Waals surface area contributed by atoms with Crippen LogP contribution in [0.2, 0.25) is 0 Å². The first-order valence-corrected chi connectivity index (χ1v) is 7.37. The molecule has 0 saturated heterocycles. The predicted octanol–water partition coefficient (Wildman–Crippen LogP) is 0.177. The molecule has 0 spiro atoms. The van der Waals surface area contributed by atoms with Crippen molar-refractivity contribution in [3.8, 4) is 0 Å². The maximum Gasteiger partial charge on any atom is 0.265 e. The van der Waals surface area contributed by atoms with Crippen LogP contribution in [0.25, 0.3) is 0 Å². The number of amidine groups is 1. The van der Waals surface area contributed by atoms with E-state index in [1.54, 1.807) is 54.0 Å². The number of hydrogen-bond acceptors (Lipinski definition) is 9. The summed E-state index contributed by atoms with van der Waals surface area (Å²) < 4.78 is 0. The van der Waals surface area contributed by atoms with Crippen LogP contribution in [-0.4, -0.2) is 38.4 Å². The lowest BCUT2D eigenvalue weighted by Crippen LogP contribution is -2.99. The number of benzene rings is 1. The molecule has 0 saturated carbocycles. The van der Waals surface area contributed by atoms with Gasteiger partial charge in [0.05, 0.1) is 0 Å². The van der Waals surface area contributed by atoms with Crippen LogP contribution < -0.4 is 10.3 Å². The summed E-state index contributed by atoms with van der Waals surface area (Å²) in [6.07, 6.45) is 7.76. The molecule has 0 amide bonds. The lowest BCUT2D eigenvalue weighted by molar-refractivity contribution is -0.991. The number of oxime groups is 1. The molecule has 10 nitrogen and oxygen atoms in total. The summed E-state index contributed by atoms with van der Waals surface area (Å²) >= 11 is 0. The fourth-order valence-electron chi connectivity index (χ4n) is 2.47. The molecule has 2 N–H and O–H groups in total. The molecule has 2 unspecified atom stereocenters. The number of allylic oxidation sites excluding steroid dienone is 1. The van der Waals surface area contributed by atoms with Gasteiger partial charge in [-0.15, -0.1) is 5.06 Å². The molecule has 2 aliphatic rings. The van der Waals surface area contributed by atoms with E-state index < -0.39 is 11.5 Å². The molecule has 3 heterocycles. The smallest absolute Gasteiger partial charge is 0.265 e. The quantitative estimate of drug-likeness (QED) is 0.767. The Kier molecular flexibility index (Phi) is 3.82. The summed E-state index contributed by atoms with van der Waals surface area (Å²) in [5.41, 5.74) is 0.760. The fraction of sp³-hybridized carbons (Fsp3) is 0.0667. The van der Waals surface area contributed by atoms with Crippen molar-refractivity contribution in [2.45, 2.75) is 6.29 Å². The molecule has 25 heavy (non-hydrogen) atoms. The van der Waals surface area contributed by atoms with Crippen molar-refractivity contribution in [3.05, 3.63) is 65.8 Å². The number of aliphatic imine (C=N–C) groups is 1. The summed E-state index contributed by atoms with van der Waals surface area (Å²) in [6.45, 7) is 0. The third-order valence-electron chi connectivity index (χ3n) is 3.59. The largest absolute Gasteiger partial charge is 0.595 e. The van der Waals surface area contributed by atoms with Gasteiger partial charge in [0.15, 0.2) is 11.5 Å². The first-order chi connectivity index (χ1) is 12.2. The number of fused-ring (bicyclic) bond motifs is 1. The van der Waals surface area contributed by atoms with Crippen molar-refractivity contribution in [2.24, 2.45) is 10.1 Å². The summed E-state index contributed by atoms with van der Waals surface area (Å²) in [5.74, 6) is 0.750. The van der Waals surface area contributed by atoms with Gasteiger partial charge in [-0.25, -0.2) is 20.2 Å². The maximum atomic E-state index is 11.2. The average Bonchev–Trinajstić information content (AvgIpc) is 2.68. The van der Waals surface area contributed by atoms with Gasteiger partial charge in [-0.3, -0.25) is 9.84 Å². The lowest BCUT2D eigenvalue weighted by atomic mass is 10.1. The number of quaternary nitrogens is 1. The number of anilines is 1. The maximum absolute atomic E-state index is 11.2. The minimum atomic E-state index is -1.01. The second kappa shape index (κ2) is 6.28. The van der Waals surface area contributed by atoms with Gasteiger partial charge in [-0.2, -0.15) is 5.23 Å². The summed E-state index contributed by atoms with van der Waals surface area (Å²) in [4.78, 5) is 19.9. The zero-order chi connectivity index (χ0) is 17.2. The second-order valence-electron chi connectivity index (χ2n) is 5.15. The third kappa shape index (κ3) is 2.80. The monoisotopic (exact) mass is 339 g/mol. The van der Waals surface area contributed by atoms with Crippen molar-refractivity contribution < 1.29 is 15.4 Å². The predicted molar refractivity (Wildman–Crippen MR) is 87.6 cm³/mol. The van der Waals surface area contributed by atoms with Crippen LogP contribution in [-0.2, 0) is 4.94 Å². The van der Waals surface area contributed by atoms with Crippen LogP contribution in [0.15, 0.2) is 65.1 Å². The number of hydroxylamine groups is 1. The van der Waals surface area contributed by atoms with E-state index in [0.29, 0.717) is 17.3 Å². The molecule has 1 aromatic carbocycles. The zero-order valence-electron chi connectivity index (χ0n) is 12.8. The van der Waals surface area contributed by atoms with Crippen molar-refractivity contribution in [3.63, 3.8) is 0 Å². The van der Waals surface area contributed by atoms with E-state index in [4.69, 9.17) is 4.94 Å². The number of aromatic nitrogens is 2. The van der Waals surface area contributed by atoms with E-state index in [0.717, 1.165) is 0 Å². The van der Waals surface area contributed by atoms with Crippen molar-refractivity contribution in [1.29, 1.82) is 0 Å². The summed E-state index contributed by atoms with van der Waals surface area (Å²) in [5, 5.41) is 24.9. The van der Waals surface area contributed by atoms with Crippen molar-refractivity contribution in [1.82, 2.24) is 14.9 Å². The molecule has 2 aromatic rings. The molecule has 10 heteroatoms. The Labute approximate surface area is 142 Å². The zero-order valence-corrected chi connectivity index (χ0v) is 12.8. The molecule has 1 aromatic heterocycles. The van der Waals surface area contributed by atoms with Crippen molar-refractivity contribution in [2.75, 3.05) is 5.06 Å². The van der Waals surface area contributed by atoms with Crippen LogP contribution in [0.1, 0.15) is 5.56 Å². The van der Waals surface area contributed by atoms with E-state index in [2.05, 4.69) is 20.1 Å². The van der Waals surface area contributed by atoms with Gasteiger partial charge in [0.25, 0.3) is 5.95 Å². The van der Waals surface area contributed by atoms with E-state index in [-0.39, 0.29) is 5.69 Å². The molecular formula is C15H13N7O3. The number of nitrogens with one attached hydrogen (secondary N) is 1. The Morgan fingerprint density at radius 1 is 1.20 bits per heavy atom. The fourth-order valence-corrected chi connectivity index (χ4v) is 2.47. The Morgan fingerprint density at radius 3 is 2.84 bits per heavy atom. The highest BCUT2D eigenvalue weighted by atomic mass is 16.8. The molecule has 0 radical (unpaired) electrons. The number of nitrogens with zero attached hydrogens (tertiary/aromatic N) is 6. The van der Waals surface area contributed by atoms with E-state index in [1.807, 2.05) is 0 Å². The van der Waals surface area contributed by atoms with Gasteiger partial charge >= 0.3 is 0 Å². The van der Waals surface area contributed by atoms with E-state index >= 15 is 0 Å². The van der Waals surface area contributed by atoms with Gasteiger partial charge in [-0.1, -0.05) is 12.1 Å². The van der Waals surface area contributed by atoms with Gasteiger partial charge in [0.2, 0.25) is 6.29 Å². The van der Waals surface area contributed by atoms with Crippen LogP contribution in [0.4, 0.5) is 11.6 Å². The molecule has 0 aliphatic carbocycles. The highest BCUT2D eigenvalue weighted by Crippen LogP contribution is 2.25.